The molecule has 0 spiro atoms. The average Bonchev–Trinajstić information content (AvgIpc) is 2.91. The molecule has 21 heavy (non-hydrogen) atoms. The monoisotopic (exact) mass is 308 g/mol. The summed E-state index contributed by atoms with van der Waals surface area (Å²) in [5.74, 6) is 1.20. The van der Waals surface area contributed by atoms with E-state index in [1.54, 1.807) is 4.31 Å². The zero-order valence-electron chi connectivity index (χ0n) is 12.1. The fourth-order valence-electron chi connectivity index (χ4n) is 2.93. The molecule has 1 aliphatic rings. The minimum Gasteiger partial charge on any atom is -0.286 e. The van der Waals surface area contributed by atoms with E-state index in [0.717, 1.165) is 24.3 Å². The molecule has 0 radical (unpaired) electrons. The molecular weight excluding hydrogens is 288 g/mol. The number of nitrogens with zero attached hydrogens (tertiary/aromatic N) is 4. The van der Waals surface area contributed by atoms with E-state index in [1.165, 1.54) is 0 Å². The van der Waals surface area contributed by atoms with Crippen LogP contribution in [0.5, 0.6) is 0 Å². The zero-order chi connectivity index (χ0) is 14.9. The molecule has 0 bridgehead atoms. The molecular formula is C14H20N4O2S. The van der Waals surface area contributed by atoms with E-state index < -0.39 is 10.0 Å². The van der Waals surface area contributed by atoms with Crippen LogP contribution in [0.4, 0.5) is 0 Å². The Hall–Kier alpha value is -1.47. The Morgan fingerprint density at radius 1 is 1.33 bits per heavy atom. The fourth-order valence-corrected chi connectivity index (χ4v) is 4.52. The third kappa shape index (κ3) is 2.80. The van der Waals surface area contributed by atoms with Crippen molar-refractivity contribution in [2.24, 2.45) is 0 Å². The first-order valence-electron chi connectivity index (χ1n) is 7.39. The molecule has 0 N–H and O–H groups in total. The fraction of sp³-hybridized carbons (Fsp3) is 0.571. The van der Waals surface area contributed by atoms with Gasteiger partial charge in [0.1, 0.15) is 5.82 Å². The van der Waals surface area contributed by atoms with E-state index in [1.807, 2.05) is 35.7 Å². The summed E-state index contributed by atoms with van der Waals surface area (Å²) in [6.45, 7) is 3.03. The molecule has 0 amide bonds. The second-order valence-corrected chi connectivity index (χ2v) is 7.59. The van der Waals surface area contributed by atoms with Crippen LogP contribution in [-0.4, -0.2) is 46.2 Å². The summed E-state index contributed by atoms with van der Waals surface area (Å²) in [6.07, 6.45) is 4.41. The second-order valence-electron chi connectivity index (χ2n) is 5.50. The van der Waals surface area contributed by atoms with Gasteiger partial charge in [-0.1, -0.05) is 13.0 Å². The first-order chi connectivity index (χ1) is 10.1. The third-order valence-electron chi connectivity index (χ3n) is 3.94. The number of piperidine rings is 1. The number of rotatable bonds is 4. The van der Waals surface area contributed by atoms with Gasteiger partial charge in [-0.2, -0.15) is 0 Å². The molecule has 0 aromatic carbocycles. The highest BCUT2D eigenvalue weighted by Gasteiger charge is 2.31. The van der Waals surface area contributed by atoms with Gasteiger partial charge in [-0.15, -0.1) is 10.2 Å². The van der Waals surface area contributed by atoms with Crippen LogP contribution in [0, 0.1) is 0 Å². The van der Waals surface area contributed by atoms with Crippen LogP contribution in [-0.2, 0) is 10.0 Å². The largest absolute Gasteiger partial charge is 0.286 e. The van der Waals surface area contributed by atoms with Crippen LogP contribution in [0.15, 0.2) is 24.4 Å². The molecule has 3 heterocycles. The Bertz CT molecular complexity index is 725. The smallest absolute Gasteiger partial charge is 0.214 e. The maximum atomic E-state index is 12.2. The van der Waals surface area contributed by atoms with Crippen LogP contribution in [0.1, 0.15) is 37.9 Å². The summed E-state index contributed by atoms with van der Waals surface area (Å²) < 4.78 is 28.1. The second kappa shape index (κ2) is 5.73. The number of hydrogen-bond acceptors (Lipinski definition) is 4. The molecule has 0 saturated carbocycles. The number of pyridine rings is 1. The molecule has 2 aromatic heterocycles. The molecule has 2 aromatic rings. The van der Waals surface area contributed by atoms with Crippen molar-refractivity contribution in [2.45, 2.75) is 32.1 Å². The van der Waals surface area contributed by atoms with E-state index in [9.17, 15) is 8.42 Å². The number of sulfonamides is 1. The van der Waals surface area contributed by atoms with Gasteiger partial charge in [-0.05, 0) is 31.4 Å². The predicted molar refractivity (Wildman–Crippen MR) is 80.6 cm³/mol. The van der Waals surface area contributed by atoms with Crippen molar-refractivity contribution in [1.82, 2.24) is 18.9 Å². The van der Waals surface area contributed by atoms with Gasteiger partial charge in [0.15, 0.2) is 5.65 Å². The van der Waals surface area contributed by atoms with Crippen LogP contribution in [0.25, 0.3) is 5.65 Å². The first kappa shape index (κ1) is 14.5. The summed E-state index contributed by atoms with van der Waals surface area (Å²) >= 11 is 0. The molecule has 7 heteroatoms. The first-order valence-corrected chi connectivity index (χ1v) is 9.00. The third-order valence-corrected chi connectivity index (χ3v) is 5.99. The van der Waals surface area contributed by atoms with Gasteiger partial charge in [0.05, 0.1) is 5.75 Å². The van der Waals surface area contributed by atoms with Gasteiger partial charge in [0.2, 0.25) is 10.0 Å². The molecule has 1 fully saturated rings. The average molecular weight is 308 g/mol. The number of hydrogen-bond donors (Lipinski definition) is 0. The highest BCUT2D eigenvalue weighted by molar-refractivity contribution is 7.89. The zero-order valence-corrected chi connectivity index (χ0v) is 13.0. The Morgan fingerprint density at radius 2 is 2.19 bits per heavy atom. The molecule has 114 valence electrons. The minimum absolute atomic E-state index is 0.114. The highest BCUT2D eigenvalue weighted by atomic mass is 32.2. The van der Waals surface area contributed by atoms with Crippen LogP contribution >= 0.6 is 0 Å². The normalized spacial score (nSPS) is 20.9. The van der Waals surface area contributed by atoms with E-state index in [4.69, 9.17) is 0 Å². The van der Waals surface area contributed by atoms with Crippen molar-refractivity contribution < 1.29 is 8.42 Å². The van der Waals surface area contributed by atoms with Crippen molar-refractivity contribution in [3.05, 3.63) is 30.2 Å². The van der Waals surface area contributed by atoms with Gasteiger partial charge in [-0.3, -0.25) is 4.40 Å². The molecule has 3 rings (SSSR count). The lowest BCUT2D eigenvalue weighted by Gasteiger charge is -2.31. The number of fused-ring (bicyclic) bond motifs is 1. The van der Waals surface area contributed by atoms with Gasteiger partial charge in [0, 0.05) is 25.2 Å². The minimum atomic E-state index is -3.13. The summed E-state index contributed by atoms with van der Waals surface area (Å²) in [6, 6.07) is 5.77. The van der Waals surface area contributed by atoms with Crippen molar-refractivity contribution in [3.8, 4) is 0 Å². The lowest BCUT2D eigenvalue weighted by Crippen LogP contribution is -2.40. The molecule has 0 aliphatic carbocycles. The summed E-state index contributed by atoms with van der Waals surface area (Å²) in [7, 11) is -3.13. The SMILES string of the molecule is CCCS(=O)(=O)N1CCCC(c2nnc3ccccn23)C1. The van der Waals surface area contributed by atoms with Crippen molar-refractivity contribution in [1.29, 1.82) is 0 Å². The Kier molecular flexibility index (Phi) is 3.95. The van der Waals surface area contributed by atoms with E-state index in [2.05, 4.69) is 10.2 Å². The molecule has 1 unspecified atom stereocenters. The van der Waals surface area contributed by atoms with Gasteiger partial charge in [0.25, 0.3) is 0 Å². The van der Waals surface area contributed by atoms with Crippen LogP contribution in [0.2, 0.25) is 0 Å². The summed E-state index contributed by atoms with van der Waals surface area (Å²) in [5.41, 5.74) is 0.807. The maximum Gasteiger partial charge on any atom is 0.214 e. The molecule has 1 aliphatic heterocycles. The summed E-state index contributed by atoms with van der Waals surface area (Å²) in [4.78, 5) is 0. The Balaban J connectivity index is 1.86. The Morgan fingerprint density at radius 3 is 3.00 bits per heavy atom. The molecule has 1 saturated heterocycles. The maximum absolute atomic E-state index is 12.2. The standard InChI is InChI=1S/C14H20N4O2S/c1-2-10-21(19,20)17-8-5-6-12(11-17)14-16-15-13-7-3-4-9-18(13)14/h3-4,7,9,12H,2,5-6,8,10-11H2,1H3. The van der Waals surface area contributed by atoms with E-state index >= 15 is 0 Å². The number of aromatic nitrogens is 3. The van der Waals surface area contributed by atoms with Gasteiger partial charge >= 0.3 is 0 Å². The molecule has 1 atom stereocenters. The Labute approximate surface area is 124 Å². The van der Waals surface area contributed by atoms with Crippen molar-refractivity contribution >= 4 is 15.7 Å². The van der Waals surface area contributed by atoms with Gasteiger partial charge < -0.3 is 0 Å². The summed E-state index contributed by atoms with van der Waals surface area (Å²) in [5, 5.41) is 8.44. The van der Waals surface area contributed by atoms with Crippen LogP contribution < -0.4 is 0 Å². The van der Waals surface area contributed by atoms with Crippen molar-refractivity contribution in [3.63, 3.8) is 0 Å². The highest BCUT2D eigenvalue weighted by Crippen LogP contribution is 2.27. The van der Waals surface area contributed by atoms with Crippen molar-refractivity contribution in [2.75, 3.05) is 18.8 Å². The van der Waals surface area contributed by atoms with Gasteiger partial charge in [-0.25, -0.2) is 12.7 Å². The molecule has 6 nitrogen and oxygen atoms in total. The van der Waals surface area contributed by atoms with Crippen LogP contribution in [0.3, 0.4) is 0 Å². The van der Waals surface area contributed by atoms with E-state index in [0.29, 0.717) is 19.5 Å². The topological polar surface area (TPSA) is 67.6 Å². The quantitative estimate of drug-likeness (QED) is 0.861. The lowest BCUT2D eigenvalue weighted by atomic mass is 9.99. The lowest BCUT2D eigenvalue weighted by molar-refractivity contribution is 0.308. The van der Waals surface area contributed by atoms with E-state index in [-0.39, 0.29) is 11.7 Å². The predicted octanol–water partition coefficient (Wildman–Crippen LogP) is 1.65.